The molecule has 1 N–H and O–H groups in total. The molecule has 1 aliphatic rings. The minimum absolute atomic E-state index is 0.0295. The molecule has 0 unspecified atom stereocenters. The highest BCUT2D eigenvalue weighted by atomic mass is 79.9. The van der Waals surface area contributed by atoms with Gasteiger partial charge >= 0.3 is 0 Å². The van der Waals surface area contributed by atoms with E-state index in [0.29, 0.717) is 27.4 Å². The van der Waals surface area contributed by atoms with Crippen molar-refractivity contribution in [1.29, 1.82) is 0 Å². The first-order chi connectivity index (χ1) is 11.1. The Bertz CT molecular complexity index is 692. The first-order valence-electron chi connectivity index (χ1n) is 7.36. The maximum atomic E-state index is 12.8. The maximum absolute atomic E-state index is 12.8. The highest BCUT2D eigenvalue weighted by Gasteiger charge is 2.19. The summed E-state index contributed by atoms with van der Waals surface area (Å²) in [6, 6.07) is 3.20. The topological polar surface area (TPSA) is 41.0 Å². The van der Waals surface area contributed by atoms with E-state index in [2.05, 4.69) is 41.8 Å². The summed E-state index contributed by atoms with van der Waals surface area (Å²) in [7, 11) is 0. The maximum Gasteiger partial charge on any atom is 0.263 e. The van der Waals surface area contributed by atoms with Crippen LogP contribution in [0.4, 0.5) is 14.7 Å². The van der Waals surface area contributed by atoms with Gasteiger partial charge in [0, 0.05) is 40.8 Å². The number of hydrogen-bond acceptors (Lipinski definition) is 5. The zero-order valence-electron chi connectivity index (χ0n) is 12.6. The fraction of sp³-hybridized carbons (Fsp3) is 0.467. The molecule has 0 bridgehead atoms. The summed E-state index contributed by atoms with van der Waals surface area (Å²) < 4.78 is 28.6. The molecule has 1 fully saturated rings. The number of piperidine rings is 1. The van der Waals surface area contributed by atoms with Crippen molar-refractivity contribution in [3.05, 3.63) is 28.4 Å². The third-order valence-electron chi connectivity index (χ3n) is 3.96. The smallest absolute Gasteiger partial charge is 0.263 e. The van der Waals surface area contributed by atoms with Crippen molar-refractivity contribution in [2.24, 2.45) is 0 Å². The predicted octanol–water partition coefficient (Wildman–Crippen LogP) is 4.48. The van der Waals surface area contributed by atoms with Gasteiger partial charge in [0.1, 0.15) is 0 Å². The number of hydrogen-bond donors (Lipinski definition) is 1. The van der Waals surface area contributed by atoms with Crippen LogP contribution in [0.15, 0.2) is 22.8 Å². The van der Waals surface area contributed by atoms with Crippen molar-refractivity contribution in [1.82, 2.24) is 14.3 Å². The molecule has 1 aliphatic heterocycles. The largest absolute Gasteiger partial charge is 0.351 e. The highest BCUT2D eigenvalue weighted by Crippen LogP contribution is 2.30. The molecule has 0 radical (unpaired) electrons. The van der Waals surface area contributed by atoms with Crippen molar-refractivity contribution in [3.63, 3.8) is 0 Å². The van der Waals surface area contributed by atoms with Crippen LogP contribution >= 0.6 is 27.9 Å². The van der Waals surface area contributed by atoms with Gasteiger partial charge in [-0.15, -0.1) is 0 Å². The second kappa shape index (κ2) is 7.27. The van der Waals surface area contributed by atoms with Crippen LogP contribution in [-0.2, 0) is 0 Å². The van der Waals surface area contributed by atoms with Gasteiger partial charge < -0.3 is 5.32 Å². The molecule has 2 aromatic rings. The second-order valence-corrected chi connectivity index (χ2v) is 7.20. The van der Waals surface area contributed by atoms with Crippen LogP contribution in [-0.4, -0.2) is 39.7 Å². The van der Waals surface area contributed by atoms with E-state index in [1.807, 2.05) is 0 Å². The van der Waals surface area contributed by atoms with Gasteiger partial charge in [0.15, 0.2) is 0 Å². The van der Waals surface area contributed by atoms with E-state index in [-0.39, 0.29) is 5.56 Å². The zero-order valence-corrected chi connectivity index (χ0v) is 15.0. The summed E-state index contributed by atoms with van der Waals surface area (Å²) in [5, 5.41) is 3.96. The zero-order chi connectivity index (χ0) is 16.4. The first-order valence-corrected chi connectivity index (χ1v) is 9.34. The second-order valence-electron chi connectivity index (χ2n) is 5.47. The lowest BCUT2D eigenvalue weighted by Crippen LogP contribution is -2.35. The van der Waals surface area contributed by atoms with Gasteiger partial charge in [0.05, 0.1) is 5.52 Å². The lowest BCUT2D eigenvalue weighted by Gasteiger charge is -2.30. The minimum Gasteiger partial charge on any atom is -0.351 e. The monoisotopic (exact) mass is 402 g/mol. The van der Waals surface area contributed by atoms with E-state index in [1.54, 1.807) is 18.1 Å². The Morgan fingerprint density at radius 3 is 2.74 bits per heavy atom. The summed E-state index contributed by atoms with van der Waals surface area (Å²) in [6.07, 6.45) is 3.25. The molecule has 0 amide bonds. The number of rotatable bonds is 4. The van der Waals surface area contributed by atoms with Gasteiger partial charge in [-0.05, 0) is 47.2 Å². The molecule has 0 atom stereocenters. The number of nitrogens with zero attached hydrogens (tertiary/aromatic N) is 3. The molecule has 1 aromatic carbocycles. The lowest BCUT2D eigenvalue weighted by molar-refractivity contribution is 0.151. The summed E-state index contributed by atoms with van der Waals surface area (Å²) in [5.41, 5.74) is 0.617. The molecule has 0 spiro atoms. The average molecular weight is 403 g/mol. The summed E-state index contributed by atoms with van der Waals surface area (Å²) in [5.74, 6) is 0.547. The molecule has 4 nitrogen and oxygen atoms in total. The molecule has 3 rings (SSSR count). The minimum atomic E-state index is -2.50. The molecule has 1 saturated heterocycles. The standard InChI is InChI=1S/C15H17BrF2N4S/c1-23-22-4-2-11(3-5-22)20-15-19-8-10-6-9(14(17)18)7-12(16)13(10)21-15/h6-8,11,14H,2-5H2,1H3,(H,19,20,21). The first kappa shape index (κ1) is 16.9. The van der Waals surface area contributed by atoms with Gasteiger partial charge in [-0.25, -0.2) is 18.7 Å². The van der Waals surface area contributed by atoms with Crippen LogP contribution in [0.25, 0.3) is 10.9 Å². The molecule has 8 heteroatoms. The van der Waals surface area contributed by atoms with Gasteiger partial charge in [-0.2, -0.15) is 0 Å². The number of alkyl halides is 2. The molecular weight excluding hydrogens is 386 g/mol. The summed E-state index contributed by atoms with van der Waals surface area (Å²) in [4.78, 5) is 8.75. The van der Waals surface area contributed by atoms with Crippen molar-refractivity contribution in [2.45, 2.75) is 25.3 Å². The molecule has 2 heterocycles. The van der Waals surface area contributed by atoms with E-state index in [9.17, 15) is 8.78 Å². The van der Waals surface area contributed by atoms with Crippen LogP contribution in [0.1, 0.15) is 24.8 Å². The van der Waals surface area contributed by atoms with Crippen LogP contribution in [0.2, 0.25) is 0 Å². The quantitative estimate of drug-likeness (QED) is 0.763. The highest BCUT2D eigenvalue weighted by molar-refractivity contribution is 9.10. The van der Waals surface area contributed by atoms with Crippen molar-refractivity contribution < 1.29 is 8.78 Å². The van der Waals surface area contributed by atoms with Gasteiger partial charge in [0.25, 0.3) is 6.43 Å². The molecule has 0 aliphatic carbocycles. The lowest BCUT2D eigenvalue weighted by atomic mass is 10.1. The SMILES string of the molecule is CSN1CCC(Nc2ncc3cc(C(F)F)cc(Br)c3n2)CC1. The Hall–Kier alpha value is -0.990. The van der Waals surface area contributed by atoms with E-state index in [0.717, 1.165) is 25.9 Å². The van der Waals surface area contributed by atoms with Crippen LogP contribution in [0.5, 0.6) is 0 Å². The van der Waals surface area contributed by atoms with Crippen LogP contribution < -0.4 is 5.32 Å². The van der Waals surface area contributed by atoms with Gasteiger partial charge in [-0.3, -0.25) is 4.31 Å². The fourth-order valence-electron chi connectivity index (χ4n) is 2.68. The Kier molecular flexibility index (Phi) is 5.33. The number of fused-ring (bicyclic) bond motifs is 1. The molecule has 0 saturated carbocycles. The normalized spacial score (nSPS) is 17.1. The van der Waals surface area contributed by atoms with E-state index < -0.39 is 6.43 Å². The summed E-state index contributed by atoms with van der Waals surface area (Å²) in [6.45, 7) is 2.07. The van der Waals surface area contributed by atoms with Gasteiger partial charge in [-0.1, -0.05) is 11.9 Å². The number of anilines is 1. The van der Waals surface area contributed by atoms with E-state index >= 15 is 0 Å². The van der Waals surface area contributed by atoms with E-state index in [1.165, 1.54) is 12.1 Å². The van der Waals surface area contributed by atoms with Crippen LogP contribution in [0.3, 0.4) is 0 Å². The van der Waals surface area contributed by atoms with Gasteiger partial charge in [0.2, 0.25) is 5.95 Å². The average Bonchev–Trinajstić information content (AvgIpc) is 2.56. The number of nitrogens with one attached hydrogen (secondary N) is 1. The van der Waals surface area contributed by atoms with Crippen molar-refractivity contribution in [2.75, 3.05) is 24.7 Å². The molecular formula is C15H17BrF2N4S. The number of aromatic nitrogens is 2. The predicted molar refractivity (Wildman–Crippen MR) is 93.9 cm³/mol. The molecule has 1 aromatic heterocycles. The Morgan fingerprint density at radius 1 is 1.35 bits per heavy atom. The van der Waals surface area contributed by atoms with Crippen molar-refractivity contribution >= 4 is 44.7 Å². The molecule has 23 heavy (non-hydrogen) atoms. The third-order valence-corrected chi connectivity index (χ3v) is 5.44. The van der Waals surface area contributed by atoms with Crippen LogP contribution in [0, 0.1) is 0 Å². The number of halogens is 3. The van der Waals surface area contributed by atoms with E-state index in [4.69, 9.17) is 0 Å². The Labute approximate surface area is 146 Å². The fourth-order valence-corrected chi connectivity index (χ4v) is 3.84. The summed E-state index contributed by atoms with van der Waals surface area (Å²) >= 11 is 5.10. The van der Waals surface area contributed by atoms with Crippen molar-refractivity contribution in [3.8, 4) is 0 Å². The third kappa shape index (κ3) is 3.92. The number of benzene rings is 1. The molecule has 124 valence electrons. The Balaban J connectivity index is 1.78. The Morgan fingerprint density at radius 2 is 2.09 bits per heavy atom.